The molecule has 4 atom stereocenters. The fourth-order valence-corrected chi connectivity index (χ4v) is 5.84. The lowest BCUT2D eigenvalue weighted by molar-refractivity contribution is -0.131. The van der Waals surface area contributed by atoms with Gasteiger partial charge in [0.15, 0.2) is 5.69 Å². The Hall–Kier alpha value is -4.25. The predicted molar refractivity (Wildman–Crippen MR) is 161 cm³/mol. The van der Waals surface area contributed by atoms with Gasteiger partial charge in [0.1, 0.15) is 11.8 Å². The molecule has 0 spiro atoms. The standard InChI is InChI=1S/C32H41N5O6/c1-18(2)14-26(32(42)35-23(17-38)15-22-11-7-13-34-30(22)40)36-31(41)25(27-19(3)43-37-28(27)29(33)39)16-21-10-6-9-20-8-4-5-12-24(20)21/h4-6,8-10,12,18,22-23,25-26,38H,7,11,13-17H2,1-3H3,(H2,33,39)(H,34,40)(H,35,42)(H,36,41)/t22-,23-,25+,26-/m0/s1. The molecule has 0 radical (unpaired) electrons. The van der Waals surface area contributed by atoms with E-state index in [-0.39, 0.29) is 47.8 Å². The van der Waals surface area contributed by atoms with E-state index in [0.717, 1.165) is 22.8 Å². The van der Waals surface area contributed by atoms with Gasteiger partial charge in [-0.3, -0.25) is 19.2 Å². The average molecular weight is 592 g/mol. The molecule has 43 heavy (non-hydrogen) atoms. The number of nitrogens with two attached hydrogens (primary N) is 1. The van der Waals surface area contributed by atoms with Gasteiger partial charge in [0.25, 0.3) is 5.91 Å². The van der Waals surface area contributed by atoms with Crippen molar-refractivity contribution in [3.63, 3.8) is 0 Å². The number of fused-ring (bicyclic) bond motifs is 1. The zero-order chi connectivity index (χ0) is 31.1. The van der Waals surface area contributed by atoms with Crippen molar-refractivity contribution in [2.24, 2.45) is 17.6 Å². The van der Waals surface area contributed by atoms with Crippen LogP contribution in [0.15, 0.2) is 47.0 Å². The van der Waals surface area contributed by atoms with Crippen LogP contribution in [0.4, 0.5) is 0 Å². The Morgan fingerprint density at radius 3 is 2.56 bits per heavy atom. The van der Waals surface area contributed by atoms with E-state index < -0.39 is 35.7 Å². The average Bonchev–Trinajstić information content (AvgIpc) is 3.37. The minimum Gasteiger partial charge on any atom is -0.394 e. The number of aromatic nitrogens is 1. The fraction of sp³-hybridized carbons (Fsp3) is 0.469. The largest absolute Gasteiger partial charge is 0.394 e. The van der Waals surface area contributed by atoms with Crippen molar-refractivity contribution in [3.8, 4) is 0 Å². The maximum absolute atomic E-state index is 14.1. The highest BCUT2D eigenvalue weighted by atomic mass is 16.5. The number of hydrogen-bond acceptors (Lipinski definition) is 7. The number of hydrogen-bond donors (Lipinski definition) is 5. The van der Waals surface area contributed by atoms with Gasteiger partial charge < -0.3 is 31.3 Å². The number of benzene rings is 2. The molecule has 4 amide bonds. The number of rotatable bonds is 13. The maximum atomic E-state index is 14.1. The highest BCUT2D eigenvalue weighted by Crippen LogP contribution is 2.31. The van der Waals surface area contributed by atoms with Gasteiger partial charge in [-0.2, -0.15) is 0 Å². The SMILES string of the molecule is Cc1onc(C(N)=O)c1[C@@H](Cc1cccc2ccccc12)C(=O)N[C@@H](CC(C)C)C(=O)N[C@H](CO)C[C@@H]1CCCNC1=O. The van der Waals surface area contributed by atoms with Crippen molar-refractivity contribution in [2.45, 2.75) is 70.9 Å². The molecule has 1 aliphatic heterocycles. The van der Waals surface area contributed by atoms with Gasteiger partial charge in [0, 0.05) is 18.0 Å². The minimum atomic E-state index is -0.943. The van der Waals surface area contributed by atoms with E-state index >= 15 is 0 Å². The lowest BCUT2D eigenvalue weighted by atomic mass is 9.87. The molecule has 11 nitrogen and oxygen atoms in total. The van der Waals surface area contributed by atoms with E-state index in [4.69, 9.17) is 10.3 Å². The molecule has 1 saturated heterocycles. The van der Waals surface area contributed by atoms with E-state index in [1.807, 2.05) is 56.3 Å². The van der Waals surface area contributed by atoms with Gasteiger partial charge in [-0.25, -0.2) is 0 Å². The van der Waals surface area contributed by atoms with Crippen LogP contribution in [0, 0.1) is 18.8 Å². The molecule has 1 aliphatic rings. The first-order valence-electron chi connectivity index (χ1n) is 14.8. The normalized spacial score (nSPS) is 17.2. The molecule has 2 aromatic carbocycles. The Morgan fingerprint density at radius 1 is 1.12 bits per heavy atom. The quantitative estimate of drug-likeness (QED) is 0.203. The van der Waals surface area contributed by atoms with Gasteiger partial charge in [-0.1, -0.05) is 61.5 Å². The number of aliphatic hydroxyl groups is 1. The van der Waals surface area contributed by atoms with Crippen molar-refractivity contribution >= 4 is 34.4 Å². The zero-order valence-electron chi connectivity index (χ0n) is 24.9. The Kier molecular flexibility index (Phi) is 10.5. The number of piperidine rings is 1. The summed E-state index contributed by atoms with van der Waals surface area (Å²) in [6.07, 6.45) is 2.33. The Balaban J connectivity index is 1.62. The van der Waals surface area contributed by atoms with Crippen LogP contribution in [0.5, 0.6) is 0 Å². The van der Waals surface area contributed by atoms with Crippen LogP contribution in [0.3, 0.4) is 0 Å². The summed E-state index contributed by atoms with van der Waals surface area (Å²) in [5.41, 5.74) is 6.62. The second-order valence-electron chi connectivity index (χ2n) is 11.7. The fourth-order valence-electron chi connectivity index (χ4n) is 5.84. The number of primary amides is 1. The zero-order valence-corrected chi connectivity index (χ0v) is 24.9. The molecule has 1 fully saturated rings. The number of carbonyl (C=O) groups excluding carboxylic acids is 4. The molecule has 6 N–H and O–H groups in total. The second-order valence-corrected chi connectivity index (χ2v) is 11.7. The van der Waals surface area contributed by atoms with Gasteiger partial charge in [-0.15, -0.1) is 0 Å². The Morgan fingerprint density at radius 2 is 1.86 bits per heavy atom. The molecule has 1 aromatic heterocycles. The van der Waals surface area contributed by atoms with E-state index in [1.54, 1.807) is 6.92 Å². The number of amides is 4. The van der Waals surface area contributed by atoms with E-state index in [9.17, 15) is 24.3 Å². The van der Waals surface area contributed by atoms with Gasteiger partial charge in [0.2, 0.25) is 17.7 Å². The van der Waals surface area contributed by atoms with Crippen LogP contribution in [-0.2, 0) is 20.8 Å². The first kappa shape index (κ1) is 31.7. The molecule has 0 aliphatic carbocycles. The van der Waals surface area contributed by atoms with Crippen LogP contribution in [0.2, 0.25) is 0 Å². The van der Waals surface area contributed by atoms with Crippen molar-refractivity contribution in [1.82, 2.24) is 21.1 Å². The number of nitrogens with zero attached hydrogens (tertiary/aromatic N) is 1. The summed E-state index contributed by atoms with van der Waals surface area (Å²) in [4.78, 5) is 52.2. The third-order valence-electron chi connectivity index (χ3n) is 7.99. The number of aliphatic hydroxyl groups excluding tert-OH is 1. The van der Waals surface area contributed by atoms with Gasteiger partial charge in [-0.05, 0) is 61.3 Å². The predicted octanol–water partition coefficient (Wildman–Crippen LogP) is 2.49. The van der Waals surface area contributed by atoms with Crippen LogP contribution in [0.1, 0.15) is 72.8 Å². The van der Waals surface area contributed by atoms with Crippen LogP contribution >= 0.6 is 0 Å². The highest BCUT2D eigenvalue weighted by Gasteiger charge is 2.35. The molecule has 230 valence electrons. The van der Waals surface area contributed by atoms with E-state index in [2.05, 4.69) is 21.1 Å². The van der Waals surface area contributed by atoms with Crippen molar-refractivity contribution in [1.29, 1.82) is 0 Å². The van der Waals surface area contributed by atoms with Gasteiger partial charge in [0.05, 0.1) is 18.6 Å². The molecule has 2 heterocycles. The molecule has 0 unspecified atom stereocenters. The lowest BCUT2D eigenvalue weighted by Crippen LogP contribution is -2.53. The van der Waals surface area contributed by atoms with Gasteiger partial charge >= 0.3 is 0 Å². The molecule has 4 rings (SSSR count). The molecular formula is C32H41N5O6. The number of nitrogens with one attached hydrogen (secondary N) is 3. The van der Waals surface area contributed by atoms with Crippen molar-refractivity contribution < 1.29 is 28.8 Å². The smallest absolute Gasteiger partial charge is 0.271 e. The molecule has 11 heteroatoms. The summed E-state index contributed by atoms with van der Waals surface area (Å²) >= 11 is 0. The van der Waals surface area contributed by atoms with Crippen LogP contribution in [-0.4, -0.2) is 59.1 Å². The Bertz CT molecular complexity index is 1460. The Labute approximate surface area is 250 Å². The minimum absolute atomic E-state index is 0.0442. The van der Waals surface area contributed by atoms with Crippen molar-refractivity contribution in [2.75, 3.05) is 13.2 Å². The monoisotopic (exact) mass is 591 g/mol. The number of carbonyl (C=O) groups is 4. The first-order valence-corrected chi connectivity index (χ1v) is 14.8. The molecule has 3 aromatic rings. The molecule has 0 bridgehead atoms. The molecular weight excluding hydrogens is 550 g/mol. The summed E-state index contributed by atoms with van der Waals surface area (Å²) in [6, 6.07) is 12.0. The summed E-state index contributed by atoms with van der Waals surface area (Å²) in [7, 11) is 0. The van der Waals surface area contributed by atoms with Crippen LogP contribution < -0.4 is 21.7 Å². The second kappa shape index (κ2) is 14.3. The van der Waals surface area contributed by atoms with Crippen LogP contribution in [0.25, 0.3) is 10.8 Å². The van der Waals surface area contributed by atoms with E-state index in [0.29, 0.717) is 25.8 Å². The third-order valence-corrected chi connectivity index (χ3v) is 7.99. The summed E-state index contributed by atoms with van der Waals surface area (Å²) < 4.78 is 5.31. The first-order chi connectivity index (χ1) is 20.6. The third kappa shape index (κ3) is 7.78. The summed E-state index contributed by atoms with van der Waals surface area (Å²) in [6.45, 7) is 5.76. The summed E-state index contributed by atoms with van der Waals surface area (Å²) in [5.74, 6) is -2.78. The molecule has 0 saturated carbocycles. The lowest BCUT2D eigenvalue weighted by Gasteiger charge is -2.28. The summed E-state index contributed by atoms with van der Waals surface area (Å²) in [5, 5.41) is 24.4. The maximum Gasteiger partial charge on any atom is 0.271 e. The number of aryl methyl sites for hydroxylation is 1. The highest BCUT2D eigenvalue weighted by molar-refractivity contribution is 5.97. The van der Waals surface area contributed by atoms with E-state index in [1.165, 1.54) is 0 Å². The van der Waals surface area contributed by atoms with Crippen molar-refractivity contribution in [3.05, 3.63) is 65.0 Å². The topological polar surface area (TPSA) is 177 Å².